The first-order valence-electron chi connectivity index (χ1n) is 5.89. The Morgan fingerprint density at radius 2 is 2.18 bits per heavy atom. The molecule has 3 nitrogen and oxygen atoms in total. The molecule has 0 fully saturated rings. The van der Waals surface area contributed by atoms with Gasteiger partial charge in [0.1, 0.15) is 5.82 Å². The first-order chi connectivity index (χ1) is 8.15. The van der Waals surface area contributed by atoms with Gasteiger partial charge in [-0.15, -0.1) is 0 Å². The number of benzene rings is 1. The molecular weight excluding hydrogens is 219 g/mol. The Balaban J connectivity index is 2.46. The van der Waals surface area contributed by atoms with Gasteiger partial charge in [-0.2, -0.15) is 0 Å². The van der Waals surface area contributed by atoms with Crippen LogP contribution in [-0.4, -0.2) is 25.5 Å². The molecule has 2 N–H and O–H groups in total. The van der Waals surface area contributed by atoms with Gasteiger partial charge in [0.25, 0.3) is 0 Å². The van der Waals surface area contributed by atoms with Gasteiger partial charge in [0.15, 0.2) is 0 Å². The highest BCUT2D eigenvalue weighted by molar-refractivity contribution is 5.83. The van der Waals surface area contributed by atoms with Crippen molar-refractivity contribution in [3.63, 3.8) is 0 Å². The van der Waals surface area contributed by atoms with E-state index in [4.69, 9.17) is 0 Å². The summed E-state index contributed by atoms with van der Waals surface area (Å²) in [7, 11) is 0. The summed E-state index contributed by atoms with van der Waals surface area (Å²) >= 11 is 0. The lowest BCUT2D eigenvalue weighted by atomic mass is 10.0. The highest BCUT2D eigenvalue weighted by Gasteiger charge is 2.14. The Hall–Kier alpha value is -1.42. The van der Waals surface area contributed by atoms with Crippen molar-refractivity contribution in [2.24, 2.45) is 0 Å². The van der Waals surface area contributed by atoms with Crippen LogP contribution < -0.4 is 10.6 Å². The van der Waals surface area contributed by atoms with Crippen LogP contribution in [0.2, 0.25) is 0 Å². The summed E-state index contributed by atoms with van der Waals surface area (Å²) < 4.78 is 13.0. The monoisotopic (exact) mass is 238 g/mol. The van der Waals surface area contributed by atoms with Crippen molar-refractivity contribution >= 4 is 5.91 Å². The number of hydrogen-bond donors (Lipinski definition) is 2. The van der Waals surface area contributed by atoms with Crippen molar-refractivity contribution in [3.8, 4) is 0 Å². The molecule has 94 valence electrons. The normalized spacial score (nSPS) is 12.2. The van der Waals surface area contributed by atoms with Crippen molar-refractivity contribution in [1.82, 2.24) is 10.6 Å². The molecule has 0 aliphatic heterocycles. The third kappa shape index (κ3) is 4.53. The third-order valence-corrected chi connectivity index (χ3v) is 2.59. The fraction of sp³-hybridized carbons (Fsp3) is 0.462. The van der Waals surface area contributed by atoms with E-state index in [1.807, 2.05) is 6.92 Å². The first-order valence-corrected chi connectivity index (χ1v) is 5.89. The largest absolute Gasteiger partial charge is 0.354 e. The van der Waals surface area contributed by atoms with Crippen LogP contribution in [-0.2, 0) is 4.79 Å². The van der Waals surface area contributed by atoms with Gasteiger partial charge < -0.3 is 10.6 Å². The summed E-state index contributed by atoms with van der Waals surface area (Å²) in [5, 5.41) is 5.93. The predicted octanol–water partition coefficient (Wildman–Crippen LogP) is 1.65. The Labute approximate surface area is 101 Å². The summed E-state index contributed by atoms with van der Waals surface area (Å²) in [4.78, 5) is 11.8. The van der Waals surface area contributed by atoms with E-state index in [2.05, 4.69) is 10.6 Å². The quantitative estimate of drug-likeness (QED) is 0.740. The van der Waals surface area contributed by atoms with Crippen LogP contribution >= 0.6 is 0 Å². The average Bonchev–Trinajstić information content (AvgIpc) is 2.33. The van der Waals surface area contributed by atoms with Crippen molar-refractivity contribution in [2.45, 2.75) is 19.8 Å². The van der Waals surface area contributed by atoms with Gasteiger partial charge in [0.05, 0.1) is 5.92 Å². The van der Waals surface area contributed by atoms with E-state index in [0.29, 0.717) is 12.1 Å². The van der Waals surface area contributed by atoms with Crippen molar-refractivity contribution in [1.29, 1.82) is 0 Å². The van der Waals surface area contributed by atoms with E-state index >= 15 is 0 Å². The molecule has 1 unspecified atom stereocenters. The smallest absolute Gasteiger partial charge is 0.227 e. The Morgan fingerprint density at radius 3 is 2.82 bits per heavy atom. The van der Waals surface area contributed by atoms with Gasteiger partial charge >= 0.3 is 0 Å². The molecule has 17 heavy (non-hydrogen) atoms. The molecule has 1 atom stereocenters. The standard InChI is InChI=1S/C13H19FN2O/c1-3-15-7-8-16-13(17)10(2)11-5-4-6-12(14)9-11/h4-6,9-10,15H,3,7-8H2,1-2H3,(H,16,17). The van der Waals surface area contributed by atoms with Gasteiger partial charge in [-0.1, -0.05) is 19.1 Å². The number of halogens is 1. The van der Waals surface area contributed by atoms with Crippen LogP contribution in [0.3, 0.4) is 0 Å². The number of hydrogen-bond acceptors (Lipinski definition) is 2. The summed E-state index contributed by atoms with van der Waals surface area (Å²) in [6.07, 6.45) is 0. The Kier molecular flexibility index (Phi) is 5.63. The molecule has 1 aromatic carbocycles. The zero-order valence-electron chi connectivity index (χ0n) is 10.3. The molecule has 0 spiro atoms. The number of carbonyl (C=O) groups excluding carboxylic acids is 1. The topological polar surface area (TPSA) is 41.1 Å². The number of nitrogens with one attached hydrogen (secondary N) is 2. The molecule has 0 saturated heterocycles. The molecular formula is C13H19FN2O. The molecule has 0 aromatic heterocycles. The maximum Gasteiger partial charge on any atom is 0.227 e. The number of carbonyl (C=O) groups is 1. The van der Waals surface area contributed by atoms with E-state index < -0.39 is 0 Å². The summed E-state index contributed by atoms with van der Waals surface area (Å²) in [6.45, 7) is 6.01. The lowest BCUT2D eigenvalue weighted by Gasteiger charge is -2.12. The Morgan fingerprint density at radius 1 is 1.41 bits per heavy atom. The zero-order chi connectivity index (χ0) is 12.7. The van der Waals surface area contributed by atoms with Gasteiger partial charge in [-0.05, 0) is 31.2 Å². The van der Waals surface area contributed by atoms with Crippen LogP contribution in [0.1, 0.15) is 25.3 Å². The second-order valence-electron chi connectivity index (χ2n) is 3.92. The maximum absolute atomic E-state index is 13.0. The molecule has 0 heterocycles. The van der Waals surface area contributed by atoms with E-state index in [0.717, 1.165) is 13.1 Å². The second-order valence-corrected chi connectivity index (χ2v) is 3.92. The van der Waals surface area contributed by atoms with Crippen LogP contribution in [0, 0.1) is 5.82 Å². The summed E-state index contributed by atoms with van der Waals surface area (Å²) in [6, 6.07) is 6.15. The molecule has 4 heteroatoms. The van der Waals surface area contributed by atoms with E-state index in [1.165, 1.54) is 12.1 Å². The van der Waals surface area contributed by atoms with Gasteiger partial charge in [-0.3, -0.25) is 4.79 Å². The third-order valence-electron chi connectivity index (χ3n) is 2.59. The molecule has 0 bridgehead atoms. The second kappa shape index (κ2) is 7.01. The summed E-state index contributed by atoms with van der Waals surface area (Å²) in [5.41, 5.74) is 0.700. The van der Waals surface area contributed by atoms with Crippen LogP contribution in [0.5, 0.6) is 0 Å². The van der Waals surface area contributed by atoms with Crippen LogP contribution in [0.4, 0.5) is 4.39 Å². The molecule has 1 aromatic rings. The van der Waals surface area contributed by atoms with Gasteiger partial charge in [-0.25, -0.2) is 4.39 Å². The number of rotatable bonds is 6. The minimum atomic E-state index is -0.327. The molecule has 1 rings (SSSR count). The molecule has 0 saturated carbocycles. The lowest BCUT2D eigenvalue weighted by Crippen LogP contribution is -2.34. The Bertz CT molecular complexity index is 368. The fourth-order valence-electron chi connectivity index (χ4n) is 1.53. The minimum Gasteiger partial charge on any atom is -0.354 e. The number of likely N-dealkylation sites (N-methyl/N-ethyl adjacent to an activating group) is 1. The van der Waals surface area contributed by atoms with Gasteiger partial charge in [0, 0.05) is 13.1 Å². The average molecular weight is 238 g/mol. The molecule has 0 radical (unpaired) electrons. The maximum atomic E-state index is 13.0. The molecule has 0 aliphatic carbocycles. The summed E-state index contributed by atoms with van der Waals surface area (Å²) in [5.74, 6) is -0.712. The van der Waals surface area contributed by atoms with Crippen molar-refractivity contribution in [2.75, 3.05) is 19.6 Å². The molecule has 1 amide bonds. The van der Waals surface area contributed by atoms with E-state index in [1.54, 1.807) is 19.1 Å². The highest BCUT2D eigenvalue weighted by atomic mass is 19.1. The van der Waals surface area contributed by atoms with E-state index in [9.17, 15) is 9.18 Å². The SMILES string of the molecule is CCNCCNC(=O)C(C)c1cccc(F)c1. The van der Waals surface area contributed by atoms with Gasteiger partial charge in [0.2, 0.25) is 5.91 Å². The van der Waals surface area contributed by atoms with Crippen LogP contribution in [0.25, 0.3) is 0 Å². The molecule has 0 aliphatic rings. The predicted molar refractivity (Wildman–Crippen MR) is 66.4 cm³/mol. The highest BCUT2D eigenvalue weighted by Crippen LogP contribution is 2.15. The number of amides is 1. The zero-order valence-corrected chi connectivity index (χ0v) is 10.3. The van der Waals surface area contributed by atoms with E-state index in [-0.39, 0.29) is 17.6 Å². The van der Waals surface area contributed by atoms with Crippen LogP contribution in [0.15, 0.2) is 24.3 Å². The van der Waals surface area contributed by atoms with Crippen molar-refractivity contribution < 1.29 is 9.18 Å². The lowest BCUT2D eigenvalue weighted by molar-refractivity contribution is -0.122. The minimum absolute atomic E-state index is 0.0755. The van der Waals surface area contributed by atoms with Crippen molar-refractivity contribution in [3.05, 3.63) is 35.6 Å². The fourth-order valence-corrected chi connectivity index (χ4v) is 1.53. The first kappa shape index (κ1) is 13.6.